The van der Waals surface area contributed by atoms with Gasteiger partial charge in [-0.2, -0.15) is 0 Å². The van der Waals surface area contributed by atoms with Crippen LogP contribution in [0, 0.1) is 0 Å². The van der Waals surface area contributed by atoms with E-state index in [1.54, 1.807) is 0 Å². The van der Waals surface area contributed by atoms with Crippen LogP contribution in [-0.2, 0) is 14.3 Å². The average Bonchev–Trinajstić information content (AvgIpc) is 2.14. The Morgan fingerprint density at radius 1 is 1.54 bits per heavy atom. The van der Waals surface area contributed by atoms with Crippen LogP contribution in [0.25, 0.3) is 0 Å². The largest absolute Gasteiger partial charge is 0.461 e. The highest BCUT2D eigenvalue weighted by molar-refractivity contribution is 5.74. The summed E-state index contributed by atoms with van der Waals surface area (Å²) in [6.45, 7) is 3.35. The molecule has 13 heavy (non-hydrogen) atoms. The summed E-state index contributed by atoms with van der Waals surface area (Å²) >= 11 is 0. The highest BCUT2D eigenvalue weighted by Crippen LogP contribution is 1.87. The summed E-state index contributed by atoms with van der Waals surface area (Å²) in [7, 11) is 1.52. The highest BCUT2D eigenvalue weighted by Gasteiger charge is 2.14. The molecule has 0 saturated heterocycles. The van der Waals surface area contributed by atoms with Crippen molar-refractivity contribution in [2.75, 3.05) is 33.4 Å². The monoisotopic (exact) mass is 191 g/mol. The second kappa shape index (κ2) is 7.97. The molecule has 0 aliphatic carbocycles. The molecular formula is C8H17NO4. The van der Waals surface area contributed by atoms with Crippen molar-refractivity contribution in [3.8, 4) is 0 Å². The minimum Gasteiger partial charge on any atom is -0.461 e. The van der Waals surface area contributed by atoms with Crippen LogP contribution in [0.15, 0.2) is 0 Å². The van der Waals surface area contributed by atoms with Crippen molar-refractivity contribution in [1.82, 2.24) is 5.32 Å². The van der Waals surface area contributed by atoms with Crippen molar-refractivity contribution < 1.29 is 19.4 Å². The molecule has 0 aromatic heterocycles. The number of ether oxygens (including phenoxy) is 2. The number of aliphatic hydroxyl groups is 1. The van der Waals surface area contributed by atoms with E-state index in [-0.39, 0.29) is 13.2 Å². The van der Waals surface area contributed by atoms with Crippen LogP contribution < -0.4 is 5.32 Å². The first kappa shape index (κ1) is 12.3. The summed E-state index contributed by atoms with van der Waals surface area (Å²) in [6.07, 6.45) is -1.09. The topological polar surface area (TPSA) is 67.8 Å². The zero-order valence-electron chi connectivity index (χ0n) is 8.08. The Hall–Kier alpha value is -0.650. The molecule has 0 aliphatic heterocycles. The lowest BCUT2D eigenvalue weighted by Crippen LogP contribution is -2.34. The Labute approximate surface area is 78.0 Å². The molecule has 78 valence electrons. The molecule has 0 radical (unpaired) electrons. The molecular weight excluding hydrogens is 174 g/mol. The van der Waals surface area contributed by atoms with E-state index in [9.17, 15) is 9.90 Å². The number of nitrogens with one attached hydrogen (secondary N) is 1. The van der Waals surface area contributed by atoms with Gasteiger partial charge in [-0.1, -0.05) is 6.92 Å². The van der Waals surface area contributed by atoms with Gasteiger partial charge in [-0.15, -0.1) is 0 Å². The summed E-state index contributed by atoms with van der Waals surface area (Å²) < 4.78 is 9.37. The maximum atomic E-state index is 11.0. The molecule has 0 amide bonds. The predicted octanol–water partition coefficient (Wildman–Crippen LogP) is -0.854. The van der Waals surface area contributed by atoms with Gasteiger partial charge in [0.2, 0.25) is 0 Å². The van der Waals surface area contributed by atoms with E-state index in [0.717, 1.165) is 0 Å². The van der Waals surface area contributed by atoms with E-state index in [1.807, 2.05) is 6.92 Å². The third-order valence-electron chi connectivity index (χ3n) is 1.39. The predicted molar refractivity (Wildman–Crippen MR) is 47.4 cm³/mol. The average molecular weight is 191 g/mol. The zero-order valence-corrected chi connectivity index (χ0v) is 8.08. The summed E-state index contributed by atoms with van der Waals surface area (Å²) in [5.74, 6) is -0.613. The lowest BCUT2D eigenvalue weighted by atomic mass is 10.3. The Balaban J connectivity index is 3.45. The Bertz CT molecular complexity index is 140. The quantitative estimate of drug-likeness (QED) is 0.405. The summed E-state index contributed by atoms with van der Waals surface area (Å²) in [5, 5.41) is 12.0. The highest BCUT2D eigenvalue weighted by atomic mass is 16.6. The van der Waals surface area contributed by atoms with Crippen LogP contribution in [0.5, 0.6) is 0 Å². The van der Waals surface area contributed by atoms with E-state index < -0.39 is 12.1 Å². The Kier molecular flexibility index (Phi) is 7.57. The first-order valence-electron chi connectivity index (χ1n) is 4.26. The van der Waals surface area contributed by atoms with E-state index in [4.69, 9.17) is 0 Å². The molecule has 1 atom stereocenters. The lowest BCUT2D eigenvalue weighted by Gasteiger charge is -2.10. The standard InChI is InChI=1S/C8H17NO4/c1-3-9-6-7(10)8(11)13-5-4-12-2/h7,9-10H,3-6H2,1-2H3. The number of hydrogen-bond acceptors (Lipinski definition) is 5. The molecule has 0 fully saturated rings. The molecule has 0 bridgehead atoms. The molecule has 0 aliphatic rings. The van der Waals surface area contributed by atoms with Gasteiger partial charge in [-0.05, 0) is 6.54 Å². The minimum absolute atomic E-state index is 0.179. The molecule has 2 N–H and O–H groups in total. The van der Waals surface area contributed by atoms with Crippen molar-refractivity contribution >= 4 is 5.97 Å². The summed E-state index contributed by atoms with van der Waals surface area (Å²) in [4.78, 5) is 11.0. The van der Waals surface area contributed by atoms with Gasteiger partial charge in [0, 0.05) is 13.7 Å². The third kappa shape index (κ3) is 6.51. The Morgan fingerprint density at radius 3 is 2.77 bits per heavy atom. The second-order valence-corrected chi connectivity index (χ2v) is 2.48. The smallest absolute Gasteiger partial charge is 0.336 e. The normalized spacial score (nSPS) is 12.5. The first-order valence-corrected chi connectivity index (χ1v) is 4.26. The number of carbonyl (C=O) groups is 1. The van der Waals surface area contributed by atoms with Gasteiger partial charge in [0.1, 0.15) is 6.61 Å². The fourth-order valence-corrected chi connectivity index (χ4v) is 0.686. The second-order valence-electron chi connectivity index (χ2n) is 2.48. The molecule has 0 rings (SSSR count). The van der Waals surface area contributed by atoms with Gasteiger partial charge in [0.25, 0.3) is 0 Å². The zero-order chi connectivity index (χ0) is 10.1. The molecule has 0 saturated carbocycles. The minimum atomic E-state index is -1.09. The first-order chi connectivity index (χ1) is 6.22. The van der Waals surface area contributed by atoms with Crippen LogP contribution >= 0.6 is 0 Å². The number of esters is 1. The maximum Gasteiger partial charge on any atom is 0.336 e. The van der Waals surface area contributed by atoms with Crippen molar-refractivity contribution in [2.45, 2.75) is 13.0 Å². The molecule has 5 heteroatoms. The van der Waals surface area contributed by atoms with E-state index in [0.29, 0.717) is 13.2 Å². The number of carbonyl (C=O) groups excluding carboxylic acids is 1. The van der Waals surface area contributed by atoms with Gasteiger partial charge in [0.05, 0.1) is 6.61 Å². The van der Waals surface area contributed by atoms with Gasteiger partial charge in [0.15, 0.2) is 6.10 Å². The van der Waals surface area contributed by atoms with Crippen LogP contribution in [0.4, 0.5) is 0 Å². The van der Waals surface area contributed by atoms with Crippen LogP contribution in [-0.4, -0.2) is 50.6 Å². The Morgan fingerprint density at radius 2 is 2.23 bits per heavy atom. The van der Waals surface area contributed by atoms with Gasteiger partial charge < -0.3 is 19.9 Å². The van der Waals surface area contributed by atoms with Gasteiger partial charge >= 0.3 is 5.97 Å². The van der Waals surface area contributed by atoms with E-state index in [1.165, 1.54) is 7.11 Å². The van der Waals surface area contributed by atoms with Crippen molar-refractivity contribution in [1.29, 1.82) is 0 Å². The number of rotatable bonds is 7. The van der Waals surface area contributed by atoms with Crippen molar-refractivity contribution in [2.24, 2.45) is 0 Å². The van der Waals surface area contributed by atoms with Gasteiger partial charge in [-0.3, -0.25) is 0 Å². The molecule has 0 aromatic carbocycles. The molecule has 1 unspecified atom stereocenters. The van der Waals surface area contributed by atoms with E-state index in [2.05, 4.69) is 14.8 Å². The molecule has 0 spiro atoms. The van der Waals surface area contributed by atoms with Crippen molar-refractivity contribution in [3.63, 3.8) is 0 Å². The van der Waals surface area contributed by atoms with Gasteiger partial charge in [-0.25, -0.2) is 4.79 Å². The molecule has 0 aromatic rings. The third-order valence-corrected chi connectivity index (χ3v) is 1.39. The summed E-state index contributed by atoms with van der Waals surface area (Å²) in [6, 6.07) is 0. The number of aliphatic hydroxyl groups excluding tert-OH is 1. The maximum absolute atomic E-state index is 11.0. The van der Waals surface area contributed by atoms with Crippen LogP contribution in [0.2, 0.25) is 0 Å². The fraction of sp³-hybridized carbons (Fsp3) is 0.875. The fourth-order valence-electron chi connectivity index (χ4n) is 0.686. The molecule has 5 nitrogen and oxygen atoms in total. The number of likely N-dealkylation sites (N-methyl/N-ethyl adjacent to an activating group) is 1. The molecule has 0 heterocycles. The number of hydrogen-bond donors (Lipinski definition) is 2. The number of methoxy groups -OCH3 is 1. The van der Waals surface area contributed by atoms with Crippen LogP contribution in [0.1, 0.15) is 6.92 Å². The SMILES string of the molecule is CCNCC(O)C(=O)OCCOC. The summed E-state index contributed by atoms with van der Waals surface area (Å²) in [5.41, 5.74) is 0. The lowest BCUT2D eigenvalue weighted by molar-refractivity contribution is -0.154. The van der Waals surface area contributed by atoms with Crippen molar-refractivity contribution in [3.05, 3.63) is 0 Å². The van der Waals surface area contributed by atoms with Crippen LogP contribution in [0.3, 0.4) is 0 Å². The van der Waals surface area contributed by atoms with E-state index >= 15 is 0 Å².